The van der Waals surface area contributed by atoms with Crippen molar-refractivity contribution in [1.29, 1.82) is 0 Å². The Morgan fingerprint density at radius 2 is 0.646 bits per heavy atom. The first-order valence-corrected chi connectivity index (χ1v) is 28.1. The van der Waals surface area contributed by atoms with Crippen LogP contribution in [0.5, 0.6) is 0 Å². The maximum absolute atomic E-state index is 2.51. The third kappa shape index (κ3) is 8.49. The average Bonchev–Trinajstić information content (AvgIpc) is 4.30. The predicted octanol–water partition coefficient (Wildman–Crippen LogP) is 21.5. The molecule has 0 amide bonds. The van der Waals surface area contributed by atoms with Gasteiger partial charge in [-0.15, -0.1) is 0 Å². The summed E-state index contributed by atoms with van der Waals surface area (Å²) in [7, 11) is 0. The smallest absolute Gasteiger partial charge is 0.0620 e. The van der Waals surface area contributed by atoms with Gasteiger partial charge in [0.25, 0.3) is 0 Å². The lowest BCUT2D eigenvalue weighted by Gasteiger charge is -2.28. The van der Waals surface area contributed by atoms with E-state index in [1.165, 1.54) is 71.5 Å². The van der Waals surface area contributed by atoms with Gasteiger partial charge in [-0.3, -0.25) is 0 Å². The van der Waals surface area contributed by atoms with E-state index in [1.807, 2.05) is 0 Å². The minimum atomic E-state index is 1.05. The molecule has 0 spiro atoms. The molecule has 0 radical (unpaired) electrons. The van der Waals surface area contributed by atoms with E-state index < -0.39 is 0 Å². The van der Waals surface area contributed by atoms with Gasteiger partial charge in [0, 0.05) is 72.6 Å². The van der Waals surface area contributed by atoms with Crippen LogP contribution in [-0.4, -0.2) is 9.13 Å². The van der Waals surface area contributed by atoms with Gasteiger partial charge in [-0.1, -0.05) is 218 Å². The number of nitrogens with zero attached hydrogens (tertiary/aromatic N) is 4. The van der Waals surface area contributed by atoms with E-state index in [9.17, 15) is 0 Å². The molecule has 2 aromatic heterocycles. The number of anilines is 6. The number of benzene rings is 13. The molecule has 13 aromatic carbocycles. The van der Waals surface area contributed by atoms with E-state index in [-0.39, 0.29) is 0 Å². The average molecular weight is 1050 g/mol. The van der Waals surface area contributed by atoms with Crippen LogP contribution < -0.4 is 9.80 Å². The summed E-state index contributed by atoms with van der Waals surface area (Å²) in [6, 6.07) is 119. The van der Waals surface area contributed by atoms with E-state index in [4.69, 9.17) is 0 Å². The molecule has 82 heavy (non-hydrogen) atoms. The molecule has 0 aliphatic rings. The zero-order valence-electron chi connectivity index (χ0n) is 45.0. The summed E-state index contributed by atoms with van der Waals surface area (Å²) in [5, 5.41) is 5.99. The van der Waals surface area contributed by atoms with Crippen LogP contribution in [0.15, 0.2) is 328 Å². The van der Waals surface area contributed by atoms with Crippen LogP contribution in [0.2, 0.25) is 0 Å². The van der Waals surface area contributed by atoms with Crippen molar-refractivity contribution >= 4 is 77.6 Å². The van der Waals surface area contributed by atoms with Gasteiger partial charge in [-0.25, -0.2) is 0 Å². The molecule has 0 fully saturated rings. The molecule has 15 rings (SSSR count). The monoisotopic (exact) mass is 1050 g/mol. The maximum Gasteiger partial charge on any atom is 0.0620 e. The predicted molar refractivity (Wildman–Crippen MR) is 346 cm³/mol. The number of hydrogen-bond acceptors (Lipinski definition) is 2. The molecular weight excluding hydrogens is 993 g/mol. The van der Waals surface area contributed by atoms with Crippen molar-refractivity contribution in [2.45, 2.75) is 0 Å². The molecule has 0 bridgehead atoms. The molecule has 0 N–H and O–H groups in total. The summed E-state index contributed by atoms with van der Waals surface area (Å²) in [5.41, 5.74) is 21.6. The molecular formula is C78H54N4. The summed E-state index contributed by atoms with van der Waals surface area (Å²) in [4.78, 5) is 4.71. The van der Waals surface area contributed by atoms with E-state index >= 15 is 0 Å². The zero-order valence-corrected chi connectivity index (χ0v) is 45.0. The highest BCUT2D eigenvalue weighted by atomic mass is 15.2. The van der Waals surface area contributed by atoms with E-state index in [2.05, 4.69) is 347 Å². The lowest BCUT2D eigenvalue weighted by Crippen LogP contribution is -2.12. The molecule has 0 saturated heterocycles. The normalized spacial score (nSPS) is 11.4. The fraction of sp³-hybridized carbons (Fsp3) is 0. The minimum absolute atomic E-state index is 1.05. The Morgan fingerprint density at radius 3 is 1.27 bits per heavy atom. The van der Waals surface area contributed by atoms with Crippen molar-refractivity contribution in [3.8, 4) is 56.0 Å². The van der Waals surface area contributed by atoms with Crippen molar-refractivity contribution in [2.75, 3.05) is 9.80 Å². The van der Waals surface area contributed by atoms with Gasteiger partial charge < -0.3 is 18.9 Å². The highest BCUT2D eigenvalue weighted by Crippen LogP contribution is 2.48. The lowest BCUT2D eigenvalue weighted by atomic mass is 9.94. The fourth-order valence-electron chi connectivity index (χ4n) is 12.4. The summed E-state index contributed by atoms with van der Waals surface area (Å²) in [5.74, 6) is 0. The van der Waals surface area contributed by atoms with Crippen LogP contribution in [0.3, 0.4) is 0 Å². The lowest BCUT2D eigenvalue weighted by molar-refractivity contribution is 1.14. The number of para-hydroxylation sites is 4. The topological polar surface area (TPSA) is 16.3 Å². The van der Waals surface area contributed by atoms with Crippen LogP contribution in [0, 0.1) is 0 Å². The highest BCUT2D eigenvalue weighted by molar-refractivity contribution is 6.18. The fourth-order valence-corrected chi connectivity index (χ4v) is 12.4. The van der Waals surface area contributed by atoms with Crippen molar-refractivity contribution in [2.24, 2.45) is 0 Å². The first-order chi connectivity index (χ1) is 40.7. The third-order valence-electron chi connectivity index (χ3n) is 16.1. The number of rotatable bonds is 12. The quantitative estimate of drug-likeness (QED) is 0.121. The van der Waals surface area contributed by atoms with Gasteiger partial charge in [-0.05, 0) is 148 Å². The van der Waals surface area contributed by atoms with E-state index in [1.54, 1.807) is 0 Å². The van der Waals surface area contributed by atoms with Crippen LogP contribution >= 0.6 is 0 Å². The summed E-state index contributed by atoms with van der Waals surface area (Å²) < 4.78 is 4.89. The Labute approximate surface area is 477 Å². The van der Waals surface area contributed by atoms with Crippen LogP contribution in [0.4, 0.5) is 34.1 Å². The molecule has 4 heteroatoms. The molecule has 15 aromatic rings. The molecule has 0 atom stereocenters. The SMILES string of the molecule is c1ccc(-c2ccc(-n3c(-c4ccccc4)c(-c4ccccc4)c4ccc5c(-c6ccc(N(c7ccc(N(c8ccccc8)c8ccccc8)cc7)c7ccc8c(c7)c7ccccc7n8-c7ccccc7)cc6)cccc5c43)cc2)cc1. The van der Waals surface area contributed by atoms with Gasteiger partial charge in [0.1, 0.15) is 0 Å². The van der Waals surface area contributed by atoms with Crippen LogP contribution in [0.1, 0.15) is 0 Å². The first-order valence-electron chi connectivity index (χ1n) is 28.1. The Kier molecular flexibility index (Phi) is 12.2. The zero-order chi connectivity index (χ0) is 54.3. The van der Waals surface area contributed by atoms with E-state index in [0.29, 0.717) is 0 Å². The Balaban J connectivity index is 0.890. The van der Waals surface area contributed by atoms with Gasteiger partial charge in [0.05, 0.1) is 22.2 Å². The first kappa shape index (κ1) is 48.2. The molecule has 0 saturated carbocycles. The Bertz CT molecular complexity index is 4690. The number of hydrogen-bond donors (Lipinski definition) is 0. The maximum atomic E-state index is 2.51. The Hall–Kier alpha value is -10.9. The van der Waals surface area contributed by atoms with Gasteiger partial charge >= 0.3 is 0 Å². The highest BCUT2D eigenvalue weighted by Gasteiger charge is 2.25. The van der Waals surface area contributed by atoms with Crippen molar-refractivity contribution < 1.29 is 0 Å². The second-order valence-corrected chi connectivity index (χ2v) is 20.9. The molecule has 0 unspecified atom stereocenters. The summed E-state index contributed by atoms with van der Waals surface area (Å²) in [6.07, 6.45) is 0. The molecule has 2 heterocycles. The number of aromatic nitrogens is 2. The van der Waals surface area contributed by atoms with Crippen LogP contribution in [-0.2, 0) is 0 Å². The van der Waals surface area contributed by atoms with E-state index in [0.717, 1.165) is 62.1 Å². The van der Waals surface area contributed by atoms with Crippen molar-refractivity contribution in [3.05, 3.63) is 328 Å². The second kappa shape index (κ2) is 20.7. The summed E-state index contributed by atoms with van der Waals surface area (Å²) >= 11 is 0. The van der Waals surface area contributed by atoms with Crippen molar-refractivity contribution in [1.82, 2.24) is 9.13 Å². The van der Waals surface area contributed by atoms with Gasteiger partial charge in [-0.2, -0.15) is 0 Å². The van der Waals surface area contributed by atoms with Gasteiger partial charge in [0.15, 0.2) is 0 Å². The summed E-state index contributed by atoms with van der Waals surface area (Å²) in [6.45, 7) is 0. The minimum Gasteiger partial charge on any atom is -0.311 e. The molecule has 0 aliphatic heterocycles. The molecule has 0 aliphatic carbocycles. The van der Waals surface area contributed by atoms with Gasteiger partial charge in [0.2, 0.25) is 0 Å². The third-order valence-corrected chi connectivity index (χ3v) is 16.1. The van der Waals surface area contributed by atoms with Crippen molar-refractivity contribution in [3.63, 3.8) is 0 Å². The molecule has 4 nitrogen and oxygen atoms in total. The van der Waals surface area contributed by atoms with Crippen LogP contribution in [0.25, 0.3) is 99.5 Å². The largest absolute Gasteiger partial charge is 0.311 e. The standard InChI is InChI=1S/C78H54N4/c1-7-22-55(23-8-1)56-38-42-66(43-39-56)82-77(59-26-11-3-12-27-59)76(58-24-9-2-10-25-58)72-52-51-69-68(35-21-36-71(69)78(72)82)57-40-44-63(45-41-57)80(65-48-46-64(47-49-65)79(60-28-13-4-14-29-60)61-30-15-5-16-31-61)67-50-53-75-73(54-67)70-34-19-20-37-74(70)81(75)62-32-17-6-18-33-62/h1-54H. The Morgan fingerprint density at radius 1 is 0.220 bits per heavy atom. The second-order valence-electron chi connectivity index (χ2n) is 20.9. The number of fused-ring (bicyclic) bond motifs is 6. The molecule has 386 valence electrons.